The fourth-order valence-corrected chi connectivity index (χ4v) is 2.57. The quantitative estimate of drug-likeness (QED) is 0.860. The van der Waals surface area contributed by atoms with E-state index in [9.17, 15) is 9.59 Å². The molecule has 0 aliphatic heterocycles. The molecule has 120 valence electrons. The number of aryl methyl sites for hydroxylation is 3. The summed E-state index contributed by atoms with van der Waals surface area (Å²) in [5, 5.41) is 2.72. The molecule has 1 unspecified atom stereocenters. The largest absolute Gasteiger partial charge is 0.368 e. The molecule has 0 radical (unpaired) electrons. The van der Waals surface area contributed by atoms with Crippen molar-refractivity contribution in [3.8, 4) is 0 Å². The highest BCUT2D eigenvalue weighted by Gasteiger charge is 2.19. The van der Waals surface area contributed by atoms with E-state index < -0.39 is 11.9 Å². The van der Waals surface area contributed by atoms with Crippen LogP contribution in [0.2, 0.25) is 0 Å². The summed E-state index contributed by atoms with van der Waals surface area (Å²) < 4.78 is 0. The van der Waals surface area contributed by atoms with E-state index in [1.807, 2.05) is 44.2 Å². The van der Waals surface area contributed by atoms with E-state index in [0.29, 0.717) is 18.4 Å². The van der Waals surface area contributed by atoms with Gasteiger partial charge in [-0.1, -0.05) is 54.1 Å². The molecular weight excluding hydrogens is 288 g/mol. The second-order valence-corrected chi connectivity index (χ2v) is 5.74. The SMILES string of the molecule is Cc1ccc(CCC(=O)NC(C(N)=O)c2ccccc2)c(C)c1. The van der Waals surface area contributed by atoms with Crippen molar-refractivity contribution in [2.24, 2.45) is 5.73 Å². The zero-order valence-corrected chi connectivity index (χ0v) is 13.5. The molecule has 0 saturated carbocycles. The van der Waals surface area contributed by atoms with Crippen molar-refractivity contribution >= 4 is 11.8 Å². The maximum Gasteiger partial charge on any atom is 0.244 e. The minimum absolute atomic E-state index is 0.183. The fraction of sp³-hybridized carbons (Fsp3) is 0.263. The molecule has 0 bridgehead atoms. The Kier molecular flexibility index (Phi) is 5.52. The van der Waals surface area contributed by atoms with Gasteiger partial charge in [-0.2, -0.15) is 0 Å². The number of primary amides is 1. The number of amides is 2. The number of hydrogen-bond donors (Lipinski definition) is 2. The highest BCUT2D eigenvalue weighted by Crippen LogP contribution is 2.14. The lowest BCUT2D eigenvalue weighted by Crippen LogP contribution is -2.37. The van der Waals surface area contributed by atoms with Crippen molar-refractivity contribution in [2.75, 3.05) is 0 Å². The van der Waals surface area contributed by atoms with Crippen LogP contribution in [0.1, 0.15) is 34.7 Å². The third-order valence-electron chi connectivity index (χ3n) is 3.84. The van der Waals surface area contributed by atoms with Crippen molar-refractivity contribution in [3.63, 3.8) is 0 Å². The zero-order chi connectivity index (χ0) is 16.8. The molecule has 2 rings (SSSR count). The van der Waals surface area contributed by atoms with Gasteiger partial charge in [-0.15, -0.1) is 0 Å². The van der Waals surface area contributed by atoms with Gasteiger partial charge in [-0.3, -0.25) is 9.59 Å². The van der Waals surface area contributed by atoms with Crippen LogP contribution in [0.4, 0.5) is 0 Å². The second kappa shape index (κ2) is 7.58. The van der Waals surface area contributed by atoms with Crippen molar-refractivity contribution in [3.05, 3.63) is 70.8 Å². The summed E-state index contributed by atoms with van der Waals surface area (Å²) >= 11 is 0. The third-order valence-corrected chi connectivity index (χ3v) is 3.84. The number of nitrogens with two attached hydrogens (primary N) is 1. The standard InChI is InChI=1S/C19H22N2O2/c1-13-8-9-15(14(2)12-13)10-11-17(22)21-18(19(20)23)16-6-4-3-5-7-16/h3-9,12,18H,10-11H2,1-2H3,(H2,20,23)(H,21,22). The normalized spacial score (nSPS) is 11.7. The topological polar surface area (TPSA) is 72.2 Å². The maximum absolute atomic E-state index is 12.2. The monoisotopic (exact) mass is 310 g/mol. The van der Waals surface area contributed by atoms with Gasteiger partial charge in [0.15, 0.2) is 0 Å². The van der Waals surface area contributed by atoms with Crippen LogP contribution in [-0.2, 0) is 16.0 Å². The molecule has 2 aromatic rings. The lowest BCUT2D eigenvalue weighted by atomic mass is 10.0. The molecule has 0 fully saturated rings. The third kappa shape index (κ3) is 4.68. The van der Waals surface area contributed by atoms with E-state index in [2.05, 4.69) is 11.4 Å². The summed E-state index contributed by atoms with van der Waals surface area (Å²) in [5.41, 5.74) is 9.62. The lowest BCUT2D eigenvalue weighted by Gasteiger charge is -2.16. The van der Waals surface area contributed by atoms with Crippen molar-refractivity contribution in [2.45, 2.75) is 32.7 Å². The van der Waals surface area contributed by atoms with Gasteiger partial charge in [0.1, 0.15) is 6.04 Å². The van der Waals surface area contributed by atoms with Gasteiger partial charge in [-0.25, -0.2) is 0 Å². The summed E-state index contributed by atoms with van der Waals surface area (Å²) in [4.78, 5) is 23.8. The van der Waals surface area contributed by atoms with Gasteiger partial charge in [0.2, 0.25) is 11.8 Å². The summed E-state index contributed by atoms with van der Waals surface area (Å²) in [6.45, 7) is 4.08. The zero-order valence-electron chi connectivity index (χ0n) is 13.5. The first kappa shape index (κ1) is 16.7. The Bertz CT molecular complexity index is 696. The Morgan fingerprint density at radius 1 is 1.09 bits per heavy atom. The number of carbonyl (C=O) groups excluding carboxylic acids is 2. The van der Waals surface area contributed by atoms with Crippen LogP contribution in [-0.4, -0.2) is 11.8 Å². The molecule has 3 N–H and O–H groups in total. The number of hydrogen-bond acceptors (Lipinski definition) is 2. The first-order valence-corrected chi connectivity index (χ1v) is 7.67. The Balaban J connectivity index is 1.98. The van der Waals surface area contributed by atoms with Gasteiger partial charge in [0.25, 0.3) is 0 Å². The van der Waals surface area contributed by atoms with Gasteiger partial charge in [0, 0.05) is 6.42 Å². The minimum Gasteiger partial charge on any atom is -0.368 e. The van der Waals surface area contributed by atoms with Crippen molar-refractivity contribution in [1.82, 2.24) is 5.32 Å². The van der Waals surface area contributed by atoms with Gasteiger partial charge < -0.3 is 11.1 Å². The fourth-order valence-electron chi connectivity index (χ4n) is 2.57. The van der Waals surface area contributed by atoms with Crippen molar-refractivity contribution in [1.29, 1.82) is 0 Å². The molecule has 0 heterocycles. The Morgan fingerprint density at radius 2 is 1.78 bits per heavy atom. The number of benzene rings is 2. The molecule has 1 atom stereocenters. The lowest BCUT2D eigenvalue weighted by molar-refractivity contribution is -0.127. The number of nitrogens with one attached hydrogen (secondary N) is 1. The highest BCUT2D eigenvalue weighted by molar-refractivity contribution is 5.87. The van der Waals surface area contributed by atoms with Gasteiger partial charge in [-0.05, 0) is 37.0 Å². The van der Waals surface area contributed by atoms with E-state index >= 15 is 0 Å². The van der Waals surface area contributed by atoms with Crippen LogP contribution in [0.15, 0.2) is 48.5 Å². The molecule has 0 saturated heterocycles. The molecular formula is C19H22N2O2. The molecule has 0 aromatic heterocycles. The van der Waals surface area contributed by atoms with Crippen LogP contribution >= 0.6 is 0 Å². The highest BCUT2D eigenvalue weighted by atomic mass is 16.2. The molecule has 2 aromatic carbocycles. The summed E-state index contributed by atoms with van der Waals surface area (Å²) in [5.74, 6) is -0.742. The van der Waals surface area contributed by atoms with Crippen LogP contribution < -0.4 is 11.1 Å². The van der Waals surface area contributed by atoms with Crippen molar-refractivity contribution < 1.29 is 9.59 Å². The molecule has 0 spiro atoms. The van der Waals surface area contributed by atoms with E-state index in [0.717, 1.165) is 5.56 Å². The summed E-state index contributed by atoms with van der Waals surface area (Å²) in [7, 11) is 0. The maximum atomic E-state index is 12.2. The van der Waals surface area contributed by atoms with Gasteiger partial charge in [0.05, 0.1) is 0 Å². The molecule has 4 heteroatoms. The minimum atomic E-state index is -0.789. The summed E-state index contributed by atoms with van der Waals surface area (Å²) in [6, 6.07) is 14.4. The molecule has 0 aliphatic carbocycles. The van der Waals surface area contributed by atoms with Gasteiger partial charge >= 0.3 is 0 Å². The van der Waals surface area contributed by atoms with Crippen LogP contribution in [0.25, 0.3) is 0 Å². The average Bonchev–Trinajstić information content (AvgIpc) is 2.52. The average molecular weight is 310 g/mol. The number of carbonyl (C=O) groups is 2. The second-order valence-electron chi connectivity index (χ2n) is 5.74. The van der Waals surface area contributed by atoms with Crippen LogP contribution in [0, 0.1) is 13.8 Å². The first-order chi connectivity index (χ1) is 11.0. The Labute approximate surface area is 136 Å². The smallest absolute Gasteiger partial charge is 0.244 e. The van der Waals surface area contributed by atoms with E-state index in [1.165, 1.54) is 11.1 Å². The van der Waals surface area contributed by atoms with E-state index in [1.54, 1.807) is 12.1 Å². The van der Waals surface area contributed by atoms with Crippen LogP contribution in [0.3, 0.4) is 0 Å². The molecule has 0 aliphatic rings. The Hall–Kier alpha value is -2.62. The Morgan fingerprint density at radius 3 is 2.39 bits per heavy atom. The predicted molar refractivity (Wildman–Crippen MR) is 90.8 cm³/mol. The predicted octanol–water partition coefficient (Wildman–Crippen LogP) is 2.58. The van der Waals surface area contributed by atoms with E-state index in [4.69, 9.17) is 5.73 Å². The molecule has 23 heavy (non-hydrogen) atoms. The first-order valence-electron chi connectivity index (χ1n) is 7.67. The van der Waals surface area contributed by atoms with E-state index in [-0.39, 0.29) is 5.91 Å². The van der Waals surface area contributed by atoms with Crippen LogP contribution in [0.5, 0.6) is 0 Å². The molecule has 4 nitrogen and oxygen atoms in total. The summed E-state index contributed by atoms with van der Waals surface area (Å²) in [6.07, 6.45) is 0.957. The molecule has 2 amide bonds. The number of rotatable bonds is 6.